The van der Waals surface area contributed by atoms with Crippen LogP contribution >= 0.6 is 0 Å². The van der Waals surface area contributed by atoms with Crippen LogP contribution in [-0.4, -0.2) is 17.3 Å². The summed E-state index contributed by atoms with van der Waals surface area (Å²) < 4.78 is 0. The van der Waals surface area contributed by atoms with Gasteiger partial charge in [0.1, 0.15) is 0 Å². The molecular weight excluding hydrogens is 222 g/mol. The van der Waals surface area contributed by atoms with Crippen LogP contribution in [0.3, 0.4) is 0 Å². The number of hydrogen-bond acceptors (Lipinski definition) is 2. The lowest BCUT2D eigenvalue weighted by Gasteiger charge is -2.29. The lowest BCUT2D eigenvalue weighted by Crippen LogP contribution is -2.37. The van der Waals surface area contributed by atoms with E-state index >= 15 is 0 Å². The fourth-order valence-electron chi connectivity index (χ4n) is 2.80. The Balaban J connectivity index is 1.98. The van der Waals surface area contributed by atoms with Crippen molar-refractivity contribution in [2.45, 2.75) is 64.6 Å². The molecule has 1 fully saturated rings. The molecule has 1 aromatic rings. The first kappa shape index (κ1) is 13.6. The highest BCUT2D eigenvalue weighted by Gasteiger charge is 2.21. The minimum Gasteiger partial charge on any atom is -0.393 e. The summed E-state index contributed by atoms with van der Waals surface area (Å²) >= 11 is 0. The normalized spacial score (nSPS) is 26.0. The Labute approximate surface area is 110 Å². The zero-order valence-corrected chi connectivity index (χ0v) is 11.7. The van der Waals surface area contributed by atoms with Gasteiger partial charge in [0.2, 0.25) is 0 Å². The summed E-state index contributed by atoms with van der Waals surface area (Å²) in [5.41, 5.74) is 4.04. The van der Waals surface area contributed by atoms with Crippen molar-refractivity contribution in [3.63, 3.8) is 0 Å². The van der Waals surface area contributed by atoms with Gasteiger partial charge in [-0.1, -0.05) is 18.2 Å². The van der Waals surface area contributed by atoms with Gasteiger partial charge in [-0.05, 0) is 63.1 Å². The molecule has 1 aliphatic carbocycles. The lowest BCUT2D eigenvalue weighted by atomic mass is 9.92. The van der Waals surface area contributed by atoms with Crippen molar-refractivity contribution in [3.8, 4) is 0 Å². The highest BCUT2D eigenvalue weighted by atomic mass is 16.3. The Morgan fingerprint density at radius 1 is 1.22 bits per heavy atom. The van der Waals surface area contributed by atoms with E-state index < -0.39 is 0 Å². The SMILES string of the molecule is Cc1ccc(C(C)NC2CCCC(O)C2)cc1C. The Morgan fingerprint density at radius 2 is 2.00 bits per heavy atom. The molecule has 0 aliphatic heterocycles. The van der Waals surface area contributed by atoms with Crippen molar-refractivity contribution in [2.24, 2.45) is 0 Å². The van der Waals surface area contributed by atoms with Crippen LogP contribution in [0.25, 0.3) is 0 Å². The van der Waals surface area contributed by atoms with Gasteiger partial charge in [0.15, 0.2) is 0 Å². The molecular formula is C16H25NO. The number of nitrogens with one attached hydrogen (secondary N) is 1. The van der Waals surface area contributed by atoms with Crippen molar-refractivity contribution in [1.29, 1.82) is 0 Å². The quantitative estimate of drug-likeness (QED) is 0.859. The molecule has 2 rings (SSSR count). The third kappa shape index (κ3) is 3.33. The van der Waals surface area contributed by atoms with Crippen LogP contribution in [0, 0.1) is 13.8 Å². The molecule has 0 aromatic heterocycles. The molecule has 3 atom stereocenters. The molecule has 2 nitrogen and oxygen atoms in total. The van der Waals surface area contributed by atoms with Gasteiger partial charge in [-0.15, -0.1) is 0 Å². The first-order chi connectivity index (χ1) is 8.56. The molecule has 1 aromatic carbocycles. The summed E-state index contributed by atoms with van der Waals surface area (Å²) in [5, 5.41) is 13.4. The van der Waals surface area contributed by atoms with Crippen LogP contribution in [0.2, 0.25) is 0 Å². The summed E-state index contributed by atoms with van der Waals surface area (Å²) in [5.74, 6) is 0. The van der Waals surface area contributed by atoms with E-state index in [4.69, 9.17) is 0 Å². The van der Waals surface area contributed by atoms with Gasteiger partial charge in [0.05, 0.1) is 6.10 Å². The molecule has 1 saturated carbocycles. The summed E-state index contributed by atoms with van der Waals surface area (Å²) in [6.45, 7) is 6.52. The van der Waals surface area contributed by atoms with Gasteiger partial charge in [0, 0.05) is 12.1 Å². The van der Waals surface area contributed by atoms with Crippen molar-refractivity contribution >= 4 is 0 Å². The minimum absolute atomic E-state index is 0.108. The molecule has 100 valence electrons. The molecule has 0 spiro atoms. The fourth-order valence-corrected chi connectivity index (χ4v) is 2.80. The fraction of sp³-hybridized carbons (Fsp3) is 0.625. The van der Waals surface area contributed by atoms with Crippen LogP contribution in [0.4, 0.5) is 0 Å². The van der Waals surface area contributed by atoms with Crippen molar-refractivity contribution < 1.29 is 5.11 Å². The van der Waals surface area contributed by atoms with E-state index in [0.717, 1.165) is 19.3 Å². The second-order valence-electron chi connectivity index (χ2n) is 5.75. The first-order valence-electron chi connectivity index (χ1n) is 7.07. The third-order valence-electron chi connectivity index (χ3n) is 4.16. The van der Waals surface area contributed by atoms with E-state index in [1.165, 1.54) is 23.1 Å². The topological polar surface area (TPSA) is 32.3 Å². The van der Waals surface area contributed by atoms with E-state index in [-0.39, 0.29) is 6.10 Å². The average Bonchev–Trinajstić information content (AvgIpc) is 2.32. The minimum atomic E-state index is -0.108. The van der Waals surface area contributed by atoms with E-state index in [1.807, 2.05) is 0 Å². The maximum atomic E-state index is 9.70. The molecule has 18 heavy (non-hydrogen) atoms. The molecule has 0 saturated heterocycles. The zero-order valence-electron chi connectivity index (χ0n) is 11.7. The number of benzene rings is 1. The van der Waals surface area contributed by atoms with Gasteiger partial charge in [-0.3, -0.25) is 0 Å². The highest BCUT2D eigenvalue weighted by molar-refractivity contribution is 5.31. The Bertz CT molecular complexity index is 402. The van der Waals surface area contributed by atoms with E-state index in [0.29, 0.717) is 12.1 Å². The summed E-state index contributed by atoms with van der Waals surface area (Å²) in [7, 11) is 0. The monoisotopic (exact) mass is 247 g/mol. The number of rotatable bonds is 3. The summed E-state index contributed by atoms with van der Waals surface area (Å²) in [4.78, 5) is 0. The van der Waals surface area contributed by atoms with Crippen LogP contribution in [-0.2, 0) is 0 Å². The van der Waals surface area contributed by atoms with Crippen molar-refractivity contribution in [2.75, 3.05) is 0 Å². The van der Waals surface area contributed by atoms with E-state index in [9.17, 15) is 5.11 Å². The van der Waals surface area contributed by atoms with Gasteiger partial charge >= 0.3 is 0 Å². The van der Waals surface area contributed by atoms with Crippen LogP contribution < -0.4 is 5.32 Å². The number of aliphatic hydroxyl groups is 1. The number of aliphatic hydroxyl groups excluding tert-OH is 1. The zero-order chi connectivity index (χ0) is 13.1. The second kappa shape index (κ2) is 5.85. The van der Waals surface area contributed by atoms with Gasteiger partial charge in [-0.25, -0.2) is 0 Å². The third-order valence-corrected chi connectivity index (χ3v) is 4.16. The van der Waals surface area contributed by atoms with Crippen LogP contribution in [0.5, 0.6) is 0 Å². The molecule has 2 heteroatoms. The Hall–Kier alpha value is -0.860. The van der Waals surface area contributed by atoms with Crippen molar-refractivity contribution in [3.05, 3.63) is 34.9 Å². The molecule has 0 radical (unpaired) electrons. The second-order valence-corrected chi connectivity index (χ2v) is 5.75. The predicted octanol–water partition coefficient (Wildman–Crippen LogP) is 3.26. The maximum absolute atomic E-state index is 9.70. The molecule has 3 unspecified atom stereocenters. The molecule has 2 N–H and O–H groups in total. The first-order valence-corrected chi connectivity index (χ1v) is 7.07. The standard InChI is InChI=1S/C16H25NO/c1-11-7-8-14(9-12(11)2)13(3)17-15-5-4-6-16(18)10-15/h7-9,13,15-18H,4-6,10H2,1-3H3. The number of aryl methyl sites for hydroxylation is 2. The molecule has 0 heterocycles. The summed E-state index contributed by atoms with van der Waals surface area (Å²) in [6.07, 6.45) is 4.08. The molecule has 0 amide bonds. The highest BCUT2D eigenvalue weighted by Crippen LogP contribution is 2.23. The Kier molecular flexibility index (Phi) is 4.41. The van der Waals surface area contributed by atoms with E-state index in [2.05, 4.69) is 44.3 Å². The maximum Gasteiger partial charge on any atom is 0.0555 e. The molecule has 1 aliphatic rings. The Morgan fingerprint density at radius 3 is 2.67 bits per heavy atom. The lowest BCUT2D eigenvalue weighted by molar-refractivity contribution is 0.109. The van der Waals surface area contributed by atoms with Crippen molar-refractivity contribution in [1.82, 2.24) is 5.32 Å². The largest absolute Gasteiger partial charge is 0.393 e. The van der Waals surface area contributed by atoms with Gasteiger partial charge < -0.3 is 10.4 Å². The average molecular weight is 247 g/mol. The predicted molar refractivity (Wildman–Crippen MR) is 75.7 cm³/mol. The van der Waals surface area contributed by atoms with E-state index in [1.54, 1.807) is 0 Å². The van der Waals surface area contributed by atoms with Gasteiger partial charge in [0.25, 0.3) is 0 Å². The smallest absolute Gasteiger partial charge is 0.0555 e. The molecule has 0 bridgehead atoms. The van der Waals surface area contributed by atoms with Crippen LogP contribution in [0.1, 0.15) is 55.3 Å². The van der Waals surface area contributed by atoms with Crippen LogP contribution in [0.15, 0.2) is 18.2 Å². The summed E-state index contributed by atoms with van der Waals surface area (Å²) in [6, 6.07) is 7.49. The van der Waals surface area contributed by atoms with Gasteiger partial charge in [-0.2, -0.15) is 0 Å². The number of hydrogen-bond donors (Lipinski definition) is 2.